The van der Waals surface area contributed by atoms with Crippen LogP contribution in [0.2, 0.25) is 0 Å². The lowest BCUT2D eigenvalue weighted by Gasteiger charge is -2.06. The van der Waals surface area contributed by atoms with Crippen molar-refractivity contribution in [2.75, 3.05) is 5.75 Å². The molecule has 0 spiro atoms. The van der Waals surface area contributed by atoms with Gasteiger partial charge in [0.15, 0.2) is 0 Å². The predicted molar refractivity (Wildman–Crippen MR) is 87.3 cm³/mol. The van der Waals surface area contributed by atoms with Crippen molar-refractivity contribution >= 4 is 17.7 Å². The van der Waals surface area contributed by atoms with E-state index in [0.717, 1.165) is 11.3 Å². The first-order valence-electron chi connectivity index (χ1n) is 7.01. The maximum Gasteiger partial charge on any atom is 0.221 e. The molecular weight excluding hydrogens is 280 g/mol. The molecule has 0 bridgehead atoms. The average molecular weight is 300 g/mol. The molecule has 1 heterocycles. The van der Waals surface area contributed by atoms with Gasteiger partial charge >= 0.3 is 0 Å². The Morgan fingerprint density at radius 3 is 2.81 bits per heavy atom. The summed E-state index contributed by atoms with van der Waals surface area (Å²) < 4.78 is 0. The van der Waals surface area contributed by atoms with Crippen LogP contribution in [0.4, 0.5) is 0 Å². The van der Waals surface area contributed by atoms with Crippen molar-refractivity contribution in [3.8, 4) is 0 Å². The second kappa shape index (κ2) is 7.84. The third-order valence-electron chi connectivity index (χ3n) is 3.29. The van der Waals surface area contributed by atoms with Crippen molar-refractivity contribution in [3.63, 3.8) is 0 Å². The number of pyridine rings is 1. The molecule has 1 amide bonds. The summed E-state index contributed by atoms with van der Waals surface area (Å²) in [6.45, 7) is 4.76. The minimum absolute atomic E-state index is 0.0789. The van der Waals surface area contributed by atoms with E-state index in [9.17, 15) is 4.79 Å². The lowest BCUT2D eigenvalue weighted by Crippen LogP contribution is -2.23. The van der Waals surface area contributed by atoms with Crippen LogP contribution in [0.25, 0.3) is 0 Å². The number of rotatable bonds is 6. The Balaban J connectivity index is 1.70. The van der Waals surface area contributed by atoms with Gasteiger partial charge in [-0.3, -0.25) is 9.78 Å². The molecule has 0 aliphatic rings. The minimum atomic E-state index is 0.0789. The Bertz CT molecular complexity index is 599. The number of hydrogen-bond donors (Lipinski definition) is 1. The smallest absolute Gasteiger partial charge is 0.221 e. The maximum atomic E-state index is 11.8. The fraction of sp³-hybridized carbons (Fsp3) is 0.294. The summed E-state index contributed by atoms with van der Waals surface area (Å²) in [5.74, 6) is 0.872. The van der Waals surface area contributed by atoms with E-state index in [2.05, 4.69) is 42.3 Å². The first-order chi connectivity index (χ1) is 10.1. The standard InChI is InChI=1S/C17H20N2OS/c1-13-5-6-16(10-14(13)2)21-9-7-17(20)19-12-15-4-3-8-18-11-15/h3-6,8,10-11H,7,9,12H2,1-2H3,(H,19,20). The fourth-order valence-electron chi connectivity index (χ4n) is 1.86. The van der Waals surface area contributed by atoms with Crippen LogP contribution in [-0.2, 0) is 11.3 Å². The molecule has 0 saturated carbocycles. The Morgan fingerprint density at radius 2 is 2.10 bits per heavy atom. The summed E-state index contributed by atoms with van der Waals surface area (Å²) >= 11 is 1.72. The number of thioether (sulfide) groups is 1. The van der Waals surface area contributed by atoms with Crippen LogP contribution in [0.15, 0.2) is 47.6 Å². The zero-order valence-electron chi connectivity index (χ0n) is 12.4. The summed E-state index contributed by atoms with van der Waals surface area (Å²) in [5.41, 5.74) is 3.61. The normalized spacial score (nSPS) is 10.4. The van der Waals surface area contributed by atoms with E-state index in [4.69, 9.17) is 0 Å². The van der Waals surface area contributed by atoms with Gasteiger partial charge in [-0.05, 0) is 48.7 Å². The van der Waals surface area contributed by atoms with Crippen LogP contribution in [0.5, 0.6) is 0 Å². The van der Waals surface area contributed by atoms with Crippen molar-refractivity contribution in [3.05, 3.63) is 59.4 Å². The zero-order chi connectivity index (χ0) is 15.1. The van der Waals surface area contributed by atoms with E-state index in [0.29, 0.717) is 13.0 Å². The third kappa shape index (κ3) is 5.23. The number of carbonyl (C=O) groups excluding carboxylic acids is 1. The maximum absolute atomic E-state index is 11.8. The monoisotopic (exact) mass is 300 g/mol. The van der Waals surface area contributed by atoms with Crippen LogP contribution in [-0.4, -0.2) is 16.6 Å². The molecule has 2 aromatic rings. The highest BCUT2D eigenvalue weighted by molar-refractivity contribution is 7.99. The largest absolute Gasteiger partial charge is 0.352 e. The molecule has 110 valence electrons. The molecule has 1 aromatic heterocycles. The quantitative estimate of drug-likeness (QED) is 0.830. The number of amides is 1. The topological polar surface area (TPSA) is 42.0 Å². The highest BCUT2D eigenvalue weighted by atomic mass is 32.2. The first kappa shape index (κ1) is 15.6. The second-order valence-electron chi connectivity index (χ2n) is 4.98. The number of aryl methyl sites for hydroxylation is 2. The number of nitrogens with one attached hydrogen (secondary N) is 1. The van der Waals surface area contributed by atoms with Crippen molar-refractivity contribution in [2.24, 2.45) is 0 Å². The number of carbonyl (C=O) groups is 1. The van der Waals surface area contributed by atoms with Crippen LogP contribution in [0.3, 0.4) is 0 Å². The molecule has 1 N–H and O–H groups in total. The summed E-state index contributed by atoms with van der Waals surface area (Å²) in [4.78, 5) is 17.0. The highest BCUT2D eigenvalue weighted by Gasteiger charge is 2.03. The minimum Gasteiger partial charge on any atom is -0.352 e. The lowest BCUT2D eigenvalue weighted by atomic mass is 10.1. The summed E-state index contributed by atoms with van der Waals surface area (Å²) in [6.07, 6.45) is 4.02. The van der Waals surface area contributed by atoms with Gasteiger partial charge in [0.05, 0.1) is 0 Å². The molecule has 0 atom stereocenters. The molecule has 3 nitrogen and oxygen atoms in total. The molecule has 0 aliphatic heterocycles. The Morgan fingerprint density at radius 1 is 1.24 bits per heavy atom. The van der Waals surface area contributed by atoms with Gasteiger partial charge in [0.2, 0.25) is 5.91 Å². The lowest BCUT2D eigenvalue weighted by molar-refractivity contribution is -0.120. The summed E-state index contributed by atoms with van der Waals surface area (Å²) in [6, 6.07) is 10.2. The zero-order valence-corrected chi connectivity index (χ0v) is 13.2. The van der Waals surface area contributed by atoms with Gasteiger partial charge in [0.1, 0.15) is 0 Å². The van der Waals surface area contributed by atoms with Crippen molar-refractivity contribution in [1.82, 2.24) is 10.3 Å². The Hall–Kier alpha value is -1.81. The molecule has 0 aliphatic carbocycles. The van der Waals surface area contributed by atoms with E-state index in [-0.39, 0.29) is 5.91 Å². The summed E-state index contributed by atoms with van der Waals surface area (Å²) in [5, 5.41) is 2.91. The molecule has 0 saturated heterocycles. The number of hydrogen-bond acceptors (Lipinski definition) is 3. The average Bonchev–Trinajstić information content (AvgIpc) is 2.50. The van der Waals surface area contributed by atoms with Crippen LogP contribution >= 0.6 is 11.8 Å². The van der Waals surface area contributed by atoms with E-state index in [1.165, 1.54) is 16.0 Å². The van der Waals surface area contributed by atoms with Gasteiger partial charge in [-0.25, -0.2) is 0 Å². The fourth-order valence-corrected chi connectivity index (χ4v) is 2.80. The molecule has 21 heavy (non-hydrogen) atoms. The number of nitrogens with zero attached hydrogens (tertiary/aromatic N) is 1. The van der Waals surface area contributed by atoms with Gasteiger partial charge in [0.25, 0.3) is 0 Å². The van der Waals surface area contributed by atoms with Crippen molar-refractivity contribution in [2.45, 2.75) is 31.7 Å². The van der Waals surface area contributed by atoms with E-state index >= 15 is 0 Å². The molecular formula is C17H20N2OS. The van der Waals surface area contributed by atoms with Gasteiger partial charge in [-0.1, -0.05) is 12.1 Å². The summed E-state index contributed by atoms with van der Waals surface area (Å²) in [7, 11) is 0. The van der Waals surface area contributed by atoms with Gasteiger partial charge < -0.3 is 5.32 Å². The van der Waals surface area contributed by atoms with Crippen LogP contribution in [0.1, 0.15) is 23.1 Å². The number of benzene rings is 1. The molecule has 4 heteroatoms. The van der Waals surface area contributed by atoms with E-state index in [1.807, 2.05) is 12.1 Å². The molecule has 0 unspecified atom stereocenters. The SMILES string of the molecule is Cc1ccc(SCCC(=O)NCc2cccnc2)cc1C. The van der Waals surface area contributed by atoms with Gasteiger partial charge in [0, 0.05) is 36.0 Å². The van der Waals surface area contributed by atoms with Gasteiger partial charge in [-0.2, -0.15) is 0 Å². The van der Waals surface area contributed by atoms with E-state index in [1.54, 1.807) is 24.2 Å². The molecule has 1 aromatic carbocycles. The first-order valence-corrected chi connectivity index (χ1v) is 7.99. The van der Waals surface area contributed by atoms with Crippen molar-refractivity contribution < 1.29 is 4.79 Å². The predicted octanol–water partition coefficient (Wildman–Crippen LogP) is 3.50. The third-order valence-corrected chi connectivity index (χ3v) is 4.28. The highest BCUT2D eigenvalue weighted by Crippen LogP contribution is 2.21. The van der Waals surface area contributed by atoms with Crippen LogP contribution in [0, 0.1) is 13.8 Å². The molecule has 0 radical (unpaired) electrons. The Kier molecular flexibility index (Phi) is 5.81. The van der Waals surface area contributed by atoms with Crippen molar-refractivity contribution in [1.29, 1.82) is 0 Å². The van der Waals surface area contributed by atoms with Crippen LogP contribution < -0.4 is 5.32 Å². The van der Waals surface area contributed by atoms with Gasteiger partial charge in [-0.15, -0.1) is 11.8 Å². The molecule has 2 rings (SSSR count). The Labute approximate surface area is 130 Å². The molecule has 0 fully saturated rings. The number of aromatic nitrogens is 1. The second-order valence-corrected chi connectivity index (χ2v) is 6.15. The van der Waals surface area contributed by atoms with E-state index < -0.39 is 0 Å².